The van der Waals surface area contributed by atoms with Gasteiger partial charge in [-0.3, -0.25) is 4.79 Å². The Morgan fingerprint density at radius 1 is 1.04 bits per heavy atom. The number of hydrogen-bond acceptors (Lipinski definition) is 7. The number of esters is 1. The van der Waals surface area contributed by atoms with E-state index in [0.717, 1.165) is 17.9 Å². The van der Waals surface area contributed by atoms with Crippen LogP contribution in [0.2, 0.25) is 0 Å². The maximum atomic E-state index is 12.0. The van der Waals surface area contributed by atoms with Gasteiger partial charge in [0.2, 0.25) is 0 Å². The molecule has 5 nitrogen and oxygen atoms in total. The monoisotopic (exact) mass is 366 g/mol. The molecule has 0 bridgehead atoms. The van der Waals surface area contributed by atoms with Crippen LogP contribution >= 0.6 is 23.5 Å². The summed E-state index contributed by atoms with van der Waals surface area (Å²) in [5.74, 6) is 2.11. The van der Waals surface area contributed by atoms with Crippen LogP contribution in [0.1, 0.15) is 46.5 Å². The van der Waals surface area contributed by atoms with Gasteiger partial charge in [-0.15, -0.1) is 0 Å². The number of unbranched alkanes of at least 4 members (excludes halogenated alkanes) is 1. The lowest BCUT2D eigenvalue weighted by Crippen LogP contribution is -2.26. The third kappa shape index (κ3) is 11.7. The third-order valence-electron chi connectivity index (χ3n) is 3.29. The molecule has 0 aliphatic rings. The molecule has 0 rings (SSSR count). The molecule has 0 radical (unpaired) electrons. The normalized spacial score (nSPS) is 13.4. The second-order valence-electron chi connectivity index (χ2n) is 5.39. The Labute approximate surface area is 148 Å². The van der Waals surface area contributed by atoms with E-state index in [1.165, 1.54) is 18.6 Å². The maximum absolute atomic E-state index is 12.0. The predicted octanol–water partition coefficient (Wildman–Crippen LogP) is 3.86. The lowest BCUT2D eigenvalue weighted by molar-refractivity contribution is -0.238. The first-order valence-electron chi connectivity index (χ1n) is 8.24. The van der Waals surface area contributed by atoms with Crippen molar-refractivity contribution in [3.05, 3.63) is 0 Å². The number of rotatable bonds is 14. The highest BCUT2D eigenvalue weighted by molar-refractivity contribution is 8.00. The lowest BCUT2D eigenvalue weighted by Gasteiger charge is -2.17. The molecule has 0 saturated carbocycles. The minimum atomic E-state index is -0.711. The van der Waals surface area contributed by atoms with Gasteiger partial charge in [-0.2, -0.15) is 28.8 Å². The molecule has 23 heavy (non-hydrogen) atoms. The van der Waals surface area contributed by atoms with Gasteiger partial charge in [-0.25, -0.2) is 4.79 Å². The second-order valence-corrected chi connectivity index (χ2v) is 7.77. The molecule has 1 N–H and O–H groups in total. The molecule has 0 aromatic rings. The highest BCUT2D eigenvalue weighted by atomic mass is 32.2. The van der Waals surface area contributed by atoms with Gasteiger partial charge in [0.15, 0.2) is 0 Å². The first kappa shape index (κ1) is 22.6. The third-order valence-corrected chi connectivity index (χ3v) is 5.66. The first-order chi connectivity index (χ1) is 11.1. The van der Waals surface area contributed by atoms with E-state index in [-0.39, 0.29) is 11.9 Å². The van der Waals surface area contributed by atoms with Crippen molar-refractivity contribution in [2.75, 3.05) is 29.6 Å². The van der Waals surface area contributed by atoms with E-state index in [1.54, 1.807) is 25.6 Å². The molecule has 0 aliphatic carbocycles. The smallest absolute Gasteiger partial charge is 0.344 e. The van der Waals surface area contributed by atoms with Crippen LogP contribution in [0.5, 0.6) is 0 Å². The summed E-state index contributed by atoms with van der Waals surface area (Å²) >= 11 is 3.69. The molecule has 0 aromatic heterocycles. The van der Waals surface area contributed by atoms with Gasteiger partial charge in [-0.1, -0.05) is 20.3 Å². The van der Waals surface area contributed by atoms with Gasteiger partial charge in [0.1, 0.15) is 0 Å². The summed E-state index contributed by atoms with van der Waals surface area (Å²) in [6.45, 7) is 5.92. The average Bonchev–Trinajstić information content (AvgIpc) is 2.55. The van der Waals surface area contributed by atoms with Gasteiger partial charge in [-0.05, 0) is 43.4 Å². The van der Waals surface area contributed by atoms with E-state index < -0.39 is 11.9 Å². The maximum Gasteiger partial charge on any atom is 0.344 e. The quantitative estimate of drug-likeness (QED) is 0.216. The van der Waals surface area contributed by atoms with Gasteiger partial charge in [0.05, 0.1) is 18.4 Å². The highest BCUT2D eigenvalue weighted by Crippen LogP contribution is 2.21. The Balaban J connectivity index is 4.07. The topological polar surface area (TPSA) is 72.8 Å². The van der Waals surface area contributed by atoms with Crippen molar-refractivity contribution >= 4 is 35.5 Å². The molecule has 2 unspecified atom stereocenters. The molecule has 2 atom stereocenters. The Bertz CT molecular complexity index is 326. The fourth-order valence-corrected chi connectivity index (χ4v) is 4.24. The Hall–Kier alpha value is -0.400. The van der Waals surface area contributed by atoms with Crippen molar-refractivity contribution in [2.45, 2.75) is 46.5 Å². The molecule has 0 spiro atoms. The molecule has 0 amide bonds. The number of carbonyl (C=O) groups excluding carboxylic acids is 2. The summed E-state index contributed by atoms with van der Waals surface area (Å²) in [5.41, 5.74) is 0. The van der Waals surface area contributed by atoms with Crippen molar-refractivity contribution in [2.24, 2.45) is 11.8 Å². The van der Waals surface area contributed by atoms with Gasteiger partial charge in [0.25, 0.3) is 0 Å². The Morgan fingerprint density at radius 3 is 2.30 bits per heavy atom. The van der Waals surface area contributed by atoms with E-state index in [9.17, 15) is 9.59 Å². The summed E-state index contributed by atoms with van der Waals surface area (Å²) in [4.78, 5) is 27.0. The zero-order valence-electron chi connectivity index (χ0n) is 14.4. The van der Waals surface area contributed by atoms with Crippen LogP contribution in [-0.2, 0) is 19.2 Å². The van der Waals surface area contributed by atoms with Crippen molar-refractivity contribution in [1.82, 2.24) is 0 Å². The molecule has 0 aliphatic heterocycles. The van der Waals surface area contributed by atoms with Gasteiger partial charge >= 0.3 is 11.9 Å². The Kier molecular flexibility index (Phi) is 14.9. The average molecular weight is 367 g/mol. The van der Waals surface area contributed by atoms with Crippen molar-refractivity contribution in [3.8, 4) is 0 Å². The number of ether oxygens (including phenoxy) is 1. The van der Waals surface area contributed by atoms with E-state index in [1.807, 2.05) is 11.8 Å². The fourth-order valence-electron chi connectivity index (χ4n) is 1.94. The van der Waals surface area contributed by atoms with Gasteiger partial charge < -0.3 is 9.62 Å². The molecular weight excluding hydrogens is 336 g/mol. The van der Waals surface area contributed by atoms with Crippen LogP contribution in [0.25, 0.3) is 0 Å². The van der Waals surface area contributed by atoms with Crippen LogP contribution in [0.4, 0.5) is 0 Å². The van der Waals surface area contributed by atoms with E-state index >= 15 is 0 Å². The lowest BCUT2D eigenvalue weighted by atomic mass is 9.97. The van der Waals surface area contributed by atoms with Crippen LogP contribution in [-0.4, -0.2) is 46.8 Å². The second kappa shape index (κ2) is 15.1. The standard InChI is InChI=1S/C16H30O5S2/c1-4-6-8-22-9-7-10-23-12-14(16(18)20-5-2)11-13(3)15(17)21-19/h13-14,19H,4-12H2,1-3H3. The largest absolute Gasteiger partial charge is 0.466 e. The highest BCUT2D eigenvalue weighted by Gasteiger charge is 2.26. The molecule has 0 fully saturated rings. The fraction of sp³-hybridized carbons (Fsp3) is 0.875. The zero-order chi connectivity index (χ0) is 17.5. The summed E-state index contributed by atoms with van der Waals surface area (Å²) in [6, 6.07) is 0. The van der Waals surface area contributed by atoms with E-state index in [2.05, 4.69) is 11.8 Å². The van der Waals surface area contributed by atoms with E-state index in [0.29, 0.717) is 18.8 Å². The summed E-state index contributed by atoms with van der Waals surface area (Å²) in [6.07, 6.45) is 3.94. The molecule has 0 heterocycles. The van der Waals surface area contributed by atoms with Crippen molar-refractivity contribution < 1.29 is 24.5 Å². The number of carbonyl (C=O) groups is 2. The van der Waals surface area contributed by atoms with Crippen LogP contribution in [0, 0.1) is 11.8 Å². The van der Waals surface area contributed by atoms with Crippen LogP contribution in [0.3, 0.4) is 0 Å². The number of hydrogen-bond donors (Lipinski definition) is 1. The van der Waals surface area contributed by atoms with Crippen LogP contribution in [0.15, 0.2) is 0 Å². The van der Waals surface area contributed by atoms with E-state index in [4.69, 9.17) is 9.99 Å². The Morgan fingerprint density at radius 2 is 1.70 bits per heavy atom. The number of thioether (sulfide) groups is 2. The molecule has 0 aromatic carbocycles. The molecular formula is C16H30O5S2. The first-order valence-corrected chi connectivity index (χ1v) is 10.5. The summed E-state index contributed by atoms with van der Waals surface area (Å²) in [5, 5.41) is 8.42. The van der Waals surface area contributed by atoms with Crippen molar-refractivity contribution in [3.63, 3.8) is 0 Å². The predicted molar refractivity (Wildman–Crippen MR) is 96.8 cm³/mol. The molecule has 136 valence electrons. The van der Waals surface area contributed by atoms with Crippen LogP contribution < -0.4 is 0 Å². The molecule has 7 heteroatoms. The minimum absolute atomic E-state index is 0.282. The minimum Gasteiger partial charge on any atom is -0.466 e. The molecule has 0 saturated heterocycles. The SMILES string of the molecule is CCCCSCCCSCC(CC(C)C(=O)OO)C(=O)OCC. The summed E-state index contributed by atoms with van der Waals surface area (Å²) < 4.78 is 5.07. The summed E-state index contributed by atoms with van der Waals surface area (Å²) in [7, 11) is 0. The van der Waals surface area contributed by atoms with Crippen molar-refractivity contribution in [1.29, 1.82) is 0 Å². The van der Waals surface area contributed by atoms with Gasteiger partial charge in [0, 0.05) is 5.75 Å². The zero-order valence-corrected chi connectivity index (χ0v) is 16.0.